The van der Waals surface area contributed by atoms with Gasteiger partial charge in [0.25, 0.3) is 0 Å². The van der Waals surface area contributed by atoms with E-state index in [1.165, 1.54) is 12.1 Å². The number of aromatic nitrogens is 1. The summed E-state index contributed by atoms with van der Waals surface area (Å²) in [5, 5.41) is 14.8. The summed E-state index contributed by atoms with van der Waals surface area (Å²) in [5.41, 5.74) is 0.587. The fourth-order valence-corrected chi connectivity index (χ4v) is 1.68. The van der Waals surface area contributed by atoms with Crippen LogP contribution < -0.4 is 10.6 Å². The molecule has 0 fully saturated rings. The topological polar surface area (TPSA) is 60.7 Å². The molecule has 0 aliphatic heterocycles. The SMILES string of the molecule is CCCNc1cccc(Nc2ccc(C#N)cc2F)n1. The lowest BCUT2D eigenvalue weighted by atomic mass is 10.2. The number of hydrogen-bond donors (Lipinski definition) is 2. The van der Waals surface area contributed by atoms with Crippen LogP contribution in [0.3, 0.4) is 0 Å². The second-order valence-electron chi connectivity index (χ2n) is 4.27. The Kier molecular flexibility index (Phi) is 4.51. The van der Waals surface area contributed by atoms with Gasteiger partial charge in [-0.3, -0.25) is 0 Å². The average molecular weight is 270 g/mol. The molecular formula is C15H15FN4. The Labute approximate surface area is 117 Å². The Bertz CT molecular complexity index is 634. The number of pyridine rings is 1. The van der Waals surface area contributed by atoms with E-state index in [-0.39, 0.29) is 0 Å². The lowest BCUT2D eigenvalue weighted by Gasteiger charge is -2.09. The Balaban J connectivity index is 2.15. The van der Waals surface area contributed by atoms with Gasteiger partial charge in [-0.2, -0.15) is 5.26 Å². The largest absolute Gasteiger partial charge is 0.370 e. The molecule has 1 aromatic carbocycles. The molecule has 0 atom stereocenters. The van der Waals surface area contributed by atoms with E-state index < -0.39 is 5.82 Å². The van der Waals surface area contributed by atoms with Crippen molar-refractivity contribution in [2.75, 3.05) is 17.2 Å². The van der Waals surface area contributed by atoms with E-state index in [1.807, 2.05) is 18.2 Å². The van der Waals surface area contributed by atoms with Gasteiger partial charge in [-0.1, -0.05) is 13.0 Å². The van der Waals surface area contributed by atoms with E-state index in [0.29, 0.717) is 17.1 Å². The Morgan fingerprint density at radius 1 is 1.25 bits per heavy atom. The summed E-state index contributed by atoms with van der Waals surface area (Å²) in [6.45, 7) is 2.91. The zero-order valence-electron chi connectivity index (χ0n) is 11.2. The highest BCUT2D eigenvalue weighted by atomic mass is 19.1. The fraction of sp³-hybridized carbons (Fsp3) is 0.200. The van der Waals surface area contributed by atoms with Gasteiger partial charge >= 0.3 is 0 Å². The van der Waals surface area contributed by atoms with Gasteiger partial charge in [-0.15, -0.1) is 0 Å². The predicted octanol–water partition coefficient (Wildman–Crippen LogP) is 3.66. The van der Waals surface area contributed by atoms with Crippen molar-refractivity contribution in [1.82, 2.24) is 4.98 Å². The van der Waals surface area contributed by atoms with Gasteiger partial charge in [0.05, 0.1) is 17.3 Å². The summed E-state index contributed by atoms with van der Waals surface area (Å²) >= 11 is 0. The van der Waals surface area contributed by atoms with Gasteiger partial charge in [0, 0.05) is 6.54 Å². The molecule has 0 aliphatic rings. The Hall–Kier alpha value is -2.61. The van der Waals surface area contributed by atoms with E-state index in [4.69, 9.17) is 5.26 Å². The lowest BCUT2D eigenvalue weighted by Crippen LogP contribution is -2.03. The minimum absolute atomic E-state index is 0.291. The second-order valence-corrected chi connectivity index (χ2v) is 4.27. The minimum atomic E-state index is -0.474. The molecule has 0 saturated heterocycles. The summed E-state index contributed by atoms with van der Waals surface area (Å²) in [7, 11) is 0. The van der Waals surface area contributed by atoms with Gasteiger partial charge < -0.3 is 10.6 Å². The summed E-state index contributed by atoms with van der Waals surface area (Å²) < 4.78 is 13.8. The van der Waals surface area contributed by atoms with Crippen LogP contribution >= 0.6 is 0 Å². The standard InChI is InChI=1S/C15H15FN4/c1-2-8-18-14-4-3-5-15(20-14)19-13-7-6-11(10-17)9-12(13)16/h3-7,9H,2,8H2,1H3,(H2,18,19,20). The van der Waals surface area contributed by atoms with Crippen molar-refractivity contribution in [2.45, 2.75) is 13.3 Å². The van der Waals surface area contributed by atoms with Crippen LogP contribution in [0.15, 0.2) is 36.4 Å². The molecule has 0 saturated carbocycles. The number of rotatable bonds is 5. The van der Waals surface area contributed by atoms with Gasteiger partial charge in [0.15, 0.2) is 0 Å². The molecule has 0 bridgehead atoms. The first-order chi connectivity index (χ1) is 9.72. The van der Waals surface area contributed by atoms with E-state index in [9.17, 15) is 4.39 Å². The quantitative estimate of drug-likeness (QED) is 0.870. The van der Waals surface area contributed by atoms with Crippen LogP contribution in [0.5, 0.6) is 0 Å². The second kappa shape index (κ2) is 6.53. The summed E-state index contributed by atoms with van der Waals surface area (Å²) in [5.74, 6) is 0.818. The smallest absolute Gasteiger partial charge is 0.147 e. The van der Waals surface area contributed by atoms with E-state index in [0.717, 1.165) is 18.8 Å². The molecule has 0 unspecified atom stereocenters. The first-order valence-electron chi connectivity index (χ1n) is 6.40. The number of nitrogens with one attached hydrogen (secondary N) is 2. The predicted molar refractivity (Wildman–Crippen MR) is 77.4 cm³/mol. The Morgan fingerprint density at radius 3 is 2.75 bits per heavy atom. The van der Waals surface area contributed by atoms with E-state index in [1.54, 1.807) is 12.1 Å². The number of hydrogen-bond acceptors (Lipinski definition) is 4. The molecule has 1 heterocycles. The number of anilines is 3. The molecule has 0 amide bonds. The van der Waals surface area contributed by atoms with Crippen molar-refractivity contribution in [3.8, 4) is 6.07 Å². The molecule has 102 valence electrons. The minimum Gasteiger partial charge on any atom is -0.370 e. The highest BCUT2D eigenvalue weighted by molar-refractivity contribution is 5.59. The van der Waals surface area contributed by atoms with E-state index >= 15 is 0 Å². The van der Waals surface area contributed by atoms with Crippen molar-refractivity contribution in [1.29, 1.82) is 5.26 Å². The van der Waals surface area contributed by atoms with Crippen molar-refractivity contribution in [3.05, 3.63) is 47.8 Å². The molecule has 2 rings (SSSR count). The normalized spacial score (nSPS) is 9.85. The molecule has 0 aliphatic carbocycles. The molecule has 5 heteroatoms. The zero-order valence-corrected chi connectivity index (χ0v) is 11.2. The van der Waals surface area contributed by atoms with Crippen molar-refractivity contribution in [2.24, 2.45) is 0 Å². The molecule has 2 aromatic rings. The number of nitrogens with zero attached hydrogens (tertiary/aromatic N) is 2. The number of halogens is 1. The Morgan fingerprint density at radius 2 is 2.05 bits per heavy atom. The van der Waals surface area contributed by atoms with Crippen LogP contribution in [0.4, 0.5) is 21.7 Å². The summed E-state index contributed by atoms with van der Waals surface area (Å²) in [6.07, 6.45) is 1.00. The maximum atomic E-state index is 13.8. The van der Waals surface area contributed by atoms with Crippen molar-refractivity contribution in [3.63, 3.8) is 0 Å². The van der Waals surface area contributed by atoms with Gasteiger partial charge in [-0.05, 0) is 36.8 Å². The third-order valence-electron chi connectivity index (χ3n) is 2.67. The molecule has 20 heavy (non-hydrogen) atoms. The maximum Gasteiger partial charge on any atom is 0.147 e. The average Bonchev–Trinajstić information content (AvgIpc) is 2.47. The van der Waals surface area contributed by atoms with Crippen LogP contribution in [0.25, 0.3) is 0 Å². The van der Waals surface area contributed by atoms with Crippen LogP contribution in [-0.4, -0.2) is 11.5 Å². The summed E-state index contributed by atoms with van der Waals surface area (Å²) in [6, 6.07) is 11.6. The van der Waals surface area contributed by atoms with Gasteiger partial charge in [-0.25, -0.2) is 9.37 Å². The maximum absolute atomic E-state index is 13.8. The molecule has 1 aromatic heterocycles. The van der Waals surface area contributed by atoms with Gasteiger partial charge in [0.2, 0.25) is 0 Å². The molecule has 0 radical (unpaired) electrons. The highest BCUT2D eigenvalue weighted by Crippen LogP contribution is 2.20. The first-order valence-corrected chi connectivity index (χ1v) is 6.40. The van der Waals surface area contributed by atoms with Crippen LogP contribution in [-0.2, 0) is 0 Å². The highest BCUT2D eigenvalue weighted by Gasteiger charge is 2.05. The monoisotopic (exact) mass is 270 g/mol. The third-order valence-corrected chi connectivity index (χ3v) is 2.67. The van der Waals surface area contributed by atoms with Crippen molar-refractivity contribution >= 4 is 17.3 Å². The fourth-order valence-electron chi connectivity index (χ4n) is 1.68. The first kappa shape index (κ1) is 13.8. The van der Waals surface area contributed by atoms with Crippen molar-refractivity contribution < 1.29 is 4.39 Å². The molecule has 0 spiro atoms. The van der Waals surface area contributed by atoms with Crippen LogP contribution in [0.2, 0.25) is 0 Å². The third kappa shape index (κ3) is 3.45. The molecule has 2 N–H and O–H groups in total. The van der Waals surface area contributed by atoms with Gasteiger partial charge in [0.1, 0.15) is 17.5 Å². The number of benzene rings is 1. The molecule has 4 nitrogen and oxygen atoms in total. The zero-order chi connectivity index (χ0) is 14.4. The summed E-state index contributed by atoms with van der Waals surface area (Å²) in [4.78, 5) is 4.34. The number of nitriles is 1. The van der Waals surface area contributed by atoms with E-state index in [2.05, 4.69) is 22.5 Å². The van der Waals surface area contributed by atoms with Crippen LogP contribution in [0, 0.1) is 17.1 Å². The lowest BCUT2D eigenvalue weighted by molar-refractivity contribution is 0.631. The molecular weight excluding hydrogens is 255 g/mol. The van der Waals surface area contributed by atoms with Crippen LogP contribution in [0.1, 0.15) is 18.9 Å².